The van der Waals surface area contributed by atoms with Crippen molar-refractivity contribution in [3.8, 4) is 0 Å². The predicted octanol–water partition coefficient (Wildman–Crippen LogP) is 40.6. The van der Waals surface area contributed by atoms with Gasteiger partial charge in [0.05, 0.1) is 0 Å². The number of allylic oxidation sites excluding steroid dienone is 43. The normalized spacial score (nSPS) is 32.6. The van der Waals surface area contributed by atoms with E-state index in [1.165, 1.54) is 115 Å². The molecule has 9 heteroatoms. The van der Waals surface area contributed by atoms with Crippen LogP contribution in [0.4, 0.5) is 0 Å². The Bertz CT molecular complexity index is 4150. The van der Waals surface area contributed by atoms with Crippen molar-refractivity contribution in [2.24, 2.45) is 204 Å². The third-order valence-electron chi connectivity index (χ3n) is 32.6. The van der Waals surface area contributed by atoms with Gasteiger partial charge in [-0.05, 0) is 335 Å². The van der Waals surface area contributed by atoms with Crippen LogP contribution in [0.5, 0.6) is 0 Å². The Balaban J connectivity index is 0.000000650. The molecule has 0 spiro atoms. The van der Waals surface area contributed by atoms with Crippen LogP contribution in [0.15, 0.2) is 277 Å². The third kappa shape index (κ3) is 34.7. The molecule has 16 rings (SSSR count). The molecule has 16 aliphatic carbocycles. The average molecular weight is 2220 g/mol. The van der Waals surface area contributed by atoms with Crippen molar-refractivity contribution >= 4 is 50.2 Å². The molecule has 0 bridgehead atoms. The van der Waals surface area contributed by atoms with Crippen molar-refractivity contribution < 1.29 is 67.9 Å². The largest absolute Gasteiger partial charge is 4.00 e. The van der Waals surface area contributed by atoms with Gasteiger partial charge in [-0.1, -0.05) is 395 Å². The van der Waals surface area contributed by atoms with E-state index < -0.39 is 57.8 Å². The van der Waals surface area contributed by atoms with Gasteiger partial charge >= 0.3 is 102 Å². The van der Waals surface area contributed by atoms with Gasteiger partial charge in [0.2, 0.25) is 0 Å². The molecule has 0 aromatic heterocycles. The number of rotatable bonds is 18. The molecular formula is C129H200Cl4Si2Zr3. The molecule has 6 fully saturated rings. The summed E-state index contributed by atoms with van der Waals surface area (Å²) in [6.45, 7) is 81.3. The zero-order valence-corrected chi connectivity index (χ0v) is 105. The minimum absolute atomic E-state index is 0. The van der Waals surface area contributed by atoms with Crippen molar-refractivity contribution in [1.82, 2.24) is 0 Å². The van der Waals surface area contributed by atoms with Gasteiger partial charge in [-0.2, -0.15) is 0 Å². The molecule has 27 unspecified atom stereocenters. The van der Waals surface area contributed by atoms with E-state index in [1.807, 2.05) is 0 Å². The number of fused-ring (bicyclic) bond motifs is 14. The summed E-state index contributed by atoms with van der Waals surface area (Å²) in [4.78, 5) is 0. The summed E-state index contributed by atoms with van der Waals surface area (Å²) in [6, 6.07) is 0. The molecule has 0 aromatic carbocycles. The second-order valence-electron chi connectivity index (χ2n) is 51.1. The maximum Gasteiger partial charge on any atom is 4.00 e. The molecular weight excluding hydrogens is 2020 g/mol. The van der Waals surface area contributed by atoms with Crippen LogP contribution in [-0.4, -0.2) is 16.1 Å². The van der Waals surface area contributed by atoms with E-state index in [2.05, 4.69) is 423 Å². The second kappa shape index (κ2) is 56.8. The fourth-order valence-electron chi connectivity index (χ4n) is 26.5. The van der Waals surface area contributed by atoms with Crippen molar-refractivity contribution in [2.75, 3.05) is 0 Å². The summed E-state index contributed by atoms with van der Waals surface area (Å²) in [5, 5.41) is 0. The van der Waals surface area contributed by atoms with Crippen molar-refractivity contribution in [3.63, 3.8) is 0 Å². The average Bonchev–Trinajstić information content (AvgIpc) is 1.58. The standard InChI is InChI=1S/2C45H62.C24H32.2C4H11Si.CH4.6CH3.4ClH.3Zr/c2*1-12-13-14-29(24-38-37-23-28(2)15-19-33(37)34-20-16-30(25-39(34)38)43(3,4)5)42-40-26-31(44(6,7)8)17-21-35(40)36-22-18-32(27-41(36)42)45(9,10)11;1-2-3-8-20(24-16-15-19-10-5-7-12-23(19)24)17-21-14-13-18-9-4-6-11-22(18)21;2*1-5(2,3)4;;;;;;;;;;;;;;/h2*12,15-23,25-27,29,33-42H,1,13-14,24H2,2-11H3;2,4-7,9-12,18-24H,1,3,8,13-17H2;2*1H2,2-4H3;1H4;6*1H3;4*1H;;;/q;;;2*-1;;6*-1;;;;;3*+4/p-4. The van der Waals surface area contributed by atoms with E-state index in [4.69, 9.17) is 34.1 Å². The topological polar surface area (TPSA) is 0 Å². The maximum atomic E-state index is 4.93. The Morgan fingerprint density at radius 2 is 0.543 bits per heavy atom. The van der Waals surface area contributed by atoms with Gasteiger partial charge < -0.3 is 57.7 Å². The van der Waals surface area contributed by atoms with Gasteiger partial charge in [0.25, 0.3) is 0 Å². The molecule has 0 nitrogen and oxygen atoms in total. The molecule has 0 N–H and O–H groups in total. The number of halogens is 4. The van der Waals surface area contributed by atoms with Crippen molar-refractivity contribution in [1.29, 1.82) is 0 Å². The monoisotopic (exact) mass is 2220 g/mol. The molecule has 16 aliphatic rings. The van der Waals surface area contributed by atoms with Crippen LogP contribution in [0.2, 0.25) is 39.3 Å². The molecule has 6 saturated carbocycles. The van der Waals surface area contributed by atoms with E-state index in [1.54, 1.807) is 0 Å². The Morgan fingerprint density at radius 1 is 0.319 bits per heavy atom. The number of hydrogen-bond acceptors (Lipinski definition) is 0. The number of hydrogen-bond donors (Lipinski definition) is 0. The Labute approximate surface area is 915 Å². The zero-order chi connectivity index (χ0) is 95.7. The van der Waals surface area contributed by atoms with E-state index >= 15 is 0 Å². The zero-order valence-electron chi connectivity index (χ0n) is 92.7. The van der Waals surface area contributed by atoms with Gasteiger partial charge in [-0.3, -0.25) is 0 Å². The second-order valence-corrected chi connectivity index (χ2v) is 68.8. The summed E-state index contributed by atoms with van der Waals surface area (Å²) in [5.74, 6) is 19.7. The molecule has 764 valence electrons. The molecule has 27 atom stereocenters. The fraction of sp³-hybridized carbons (Fsp3) is 0.581. The van der Waals surface area contributed by atoms with Crippen LogP contribution in [0.3, 0.4) is 0 Å². The molecule has 0 aromatic rings. The van der Waals surface area contributed by atoms with E-state index in [0.29, 0.717) is 130 Å². The van der Waals surface area contributed by atoms with Crippen LogP contribution in [0.25, 0.3) is 0 Å². The van der Waals surface area contributed by atoms with E-state index in [-0.39, 0.29) is 111 Å². The molecule has 138 heavy (non-hydrogen) atoms. The van der Waals surface area contributed by atoms with Gasteiger partial charge in [0.15, 0.2) is 0 Å². The first-order chi connectivity index (χ1) is 60.8. The quantitative estimate of drug-likeness (QED) is 0.0729. The maximum absolute atomic E-state index is 4.93. The Hall–Kier alpha value is -1.74. The molecule has 0 aliphatic heterocycles. The summed E-state index contributed by atoms with van der Waals surface area (Å²) < 4.78 is 0. The van der Waals surface area contributed by atoms with Crippen molar-refractivity contribution in [2.45, 2.75) is 269 Å². The van der Waals surface area contributed by atoms with Gasteiger partial charge in [-0.25, -0.2) is 0 Å². The fourth-order valence-corrected chi connectivity index (χ4v) is 26.5. The van der Waals surface area contributed by atoms with Crippen LogP contribution in [0, 0.1) is 262 Å². The first-order valence-corrected chi connectivity index (χ1v) is 71.2. The van der Waals surface area contributed by atoms with E-state index in [9.17, 15) is 0 Å². The van der Waals surface area contributed by atoms with Crippen LogP contribution < -0.4 is 0 Å². The first-order valence-electron chi connectivity index (χ1n) is 51.2. The minimum Gasteiger partial charge on any atom is 4.00 e. The van der Waals surface area contributed by atoms with Crippen LogP contribution >= 0.6 is 34.1 Å². The molecule has 0 heterocycles. The SMILES string of the molecule is C.C=CCCC(CC1C2C=C(C)C=CC2C2C=CC(C(C)(C)C)=CC21)C1C2C=C(C(C)(C)C)C=CC2C2C=CC(C(C)(C)C)=CC21.C=CCCC(CC1C2C=C(C)C=CC2C2C=CC(C(C)(C)C)=CC21)C1C2C=C(C(C)(C)C)C=CC2C2C=CC(C(C)(C)C)=CC21.C=CCCC(CC1CCC2C=CC=CC21)C1CCC2C=CC=CC21.[CH2-][Si](C)(C)C.[CH2-][Si](C)(C)C.[CH3-].[CH3-].[CH3-].[CH3-].[CH3-].[CH3-].[Cl][Zr+2][Cl].[Cl][Zr+2][Cl].[Zr+4]. The predicted molar refractivity (Wildman–Crippen MR) is 620 cm³/mol. The van der Waals surface area contributed by atoms with Crippen molar-refractivity contribution in [3.05, 3.63) is 335 Å². The summed E-state index contributed by atoms with van der Waals surface area (Å²) in [6.07, 6.45) is 105. The van der Waals surface area contributed by atoms with Gasteiger partial charge in [0, 0.05) is 0 Å². The van der Waals surface area contributed by atoms with Gasteiger partial charge in [-0.15, -0.1) is 35.9 Å². The Kier molecular flexibility index (Phi) is 54.4. The van der Waals surface area contributed by atoms with Crippen LogP contribution in [-0.2, 0) is 67.9 Å². The summed E-state index contributed by atoms with van der Waals surface area (Å²) in [5.41, 5.74) is 13.2. The molecule has 0 amide bonds. The third-order valence-corrected chi connectivity index (χ3v) is 32.6. The smallest absolute Gasteiger partial charge is 4.00 e. The van der Waals surface area contributed by atoms with E-state index in [0.717, 1.165) is 54.3 Å². The van der Waals surface area contributed by atoms with Gasteiger partial charge in [0.1, 0.15) is 0 Å². The molecule has 0 radical (unpaired) electrons. The summed E-state index contributed by atoms with van der Waals surface area (Å²) >= 11 is -1.65. The van der Waals surface area contributed by atoms with Crippen LogP contribution in [0.1, 0.15) is 229 Å². The summed E-state index contributed by atoms with van der Waals surface area (Å²) in [7, 11) is 18.0. The Morgan fingerprint density at radius 3 is 0.819 bits per heavy atom. The minimum atomic E-state index is -0.861. The first kappa shape index (κ1) is 132. The molecule has 0 saturated heterocycles.